The van der Waals surface area contributed by atoms with Crippen LogP contribution in [-0.2, 0) is 4.79 Å². The highest BCUT2D eigenvalue weighted by Gasteiger charge is 2.30. The molecule has 0 radical (unpaired) electrons. The molecule has 0 aromatic heterocycles. The second-order valence-corrected chi connectivity index (χ2v) is 5.20. The predicted molar refractivity (Wildman–Crippen MR) is 55.8 cm³/mol. The summed E-state index contributed by atoms with van der Waals surface area (Å²) in [5.74, 6) is 0.523. The van der Waals surface area contributed by atoms with Crippen molar-refractivity contribution in [1.29, 1.82) is 0 Å². The van der Waals surface area contributed by atoms with Crippen molar-refractivity contribution in [2.45, 2.75) is 46.1 Å². The van der Waals surface area contributed by atoms with Gasteiger partial charge >= 0.3 is 0 Å². The summed E-state index contributed by atoms with van der Waals surface area (Å²) in [5.41, 5.74) is -0.364. The molecule has 0 spiro atoms. The third-order valence-corrected chi connectivity index (χ3v) is 2.91. The number of aliphatic hydroxyl groups is 1. The van der Waals surface area contributed by atoms with E-state index in [9.17, 15) is 4.79 Å². The summed E-state index contributed by atoms with van der Waals surface area (Å²) in [5, 5.41) is 12.1. The Labute approximate surface area is 85.9 Å². The second-order valence-electron chi connectivity index (χ2n) is 5.20. The third-order valence-electron chi connectivity index (χ3n) is 2.91. The van der Waals surface area contributed by atoms with E-state index in [0.717, 1.165) is 12.8 Å². The molecule has 0 aliphatic heterocycles. The molecule has 14 heavy (non-hydrogen) atoms. The van der Waals surface area contributed by atoms with Gasteiger partial charge in [-0.3, -0.25) is 4.79 Å². The van der Waals surface area contributed by atoms with E-state index in [0.29, 0.717) is 5.92 Å². The highest BCUT2D eigenvalue weighted by atomic mass is 16.3. The van der Waals surface area contributed by atoms with E-state index in [-0.39, 0.29) is 24.0 Å². The minimum absolute atomic E-state index is 0.0310. The van der Waals surface area contributed by atoms with Crippen LogP contribution in [0.4, 0.5) is 0 Å². The van der Waals surface area contributed by atoms with Crippen molar-refractivity contribution in [2.24, 2.45) is 11.3 Å². The number of carbonyl (C=O) groups is 1. The fraction of sp³-hybridized carbons (Fsp3) is 0.909. The topological polar surface area (TPSA) is 49.3 Å². The molecule has 1 aliphatic rings. The summed E-state index contributed by atoms with van der Waals surface area (Å²) < 4.78 is 0. The zero-order valence-electron chi connectivity index (χ0n) is 9.34. The summed E-state index contributed by atoms with van der Waals surface area (Å²) in [4.78, 5) is 11.7. The molecule has 1 rings (SSSR count). The van der Waals surface area contributed by atoms with Crippen molar-refractivity contribution >= 4 is 5.91 Å². The van der Waals surface area contributed by atoms with Crippen LogP contribution in [0, 0.1) is 11.3 Å². The first-order valence-electron chi connectivity index (χ1n) is 5.37. The maximum atomic E-state index is 11.7. The highest BCUT2D eigenvalue weighted by molar-refractivity contribution is 5.81. The van der Waals surface area contributed by atoms with Gasteiger partial charge in [0.2, 0.25) is 5.91 Å². The molecule has 1 atom stereocenters. The van der Waals surface area contributed by atoms with Crippen molar-refractivity contribution in [3.05, 3.63) is 0 Å². The second kappa shape index (κ2) is 4.30. The molecule has 1 saturated carbocycles. The maximum absolute atomic E-state index is 11.7. The van der Waals surface area contributed by atoms with Crippen molar-refractivity contribution in [3.63, 3.8) is 0 Å². The Morgan fingerprint density at radius 1 is 1.50 bits per heavy atom. The van der Waals surface area contributed by atoms with Crippen LogP contribution in [0.15, 0.2) is 0 Å². The lowest BCUT2D eigenvalue weighted by atomic mass is 9.79. The Balaban J connectivity index is 2.43. The van der Waals surface area contributed by atoms with Crippen LogP contribution in [0.2, 0.25) is 0 Å². The number of nitrogens with one attached hydrogen (secondary N) is 1. The zero-order chi connectivity index (χ0) is 10.8. The van der Waals surface area contributed by atoms with Gasteiger partial charge in [0.05, 0.1) is 12.6 Å². The van der Waals surface area contributed by atoms with Crippen LogP contribution in [0.25, 0.3) is 0 Å². The third kappa shape index (κ3) is 2.71. The minimum Gasteiger partial charge on any atom is -0.394 e. The zero-order valence-corrected chi connectivity index (χ0v) is 9.34. The summed E-state index contributed by atoms with van der Waals surface area (Å²) in [7, 11) is 0. The molecular weight excluding hydrogens is 178 g/mol. The first-order chi connectivity index (χ1) is 6.45. The lowest BCUT2D eigenvalue weighted by Gasteiger charge is -2.34. The number of amides is 1. The summed E-state index contributed by atoms with van der Waals surface area (Å²) in [6.45, 7) is 5.72. The first-order valence-corrected chi connectivity index (χ1v) is 5.37. The standard InChI is InChI=1S/C11H21NO2/c1-11(2,3)10(14)12-9(7-13)8-5-4-6-8/h8-9,13H,4-7H2,1-3H3,(H,12,14). The molecule has 1 aliphatic carbocycles. The Morgan fingerprint density at radius 3 is 2.36 bits per heavy atom. The fourth-order valence-electron chi connectivity index (χ4n) is 1.54. The molecule has 0 bridgehead atoms. The van der Waals surface area contributed by atoms with Crippen molar-refractivity contribution in [3.8, 4) is 0 Å². The van der Waals surface area contributed by atoms with Gasteiger partial charge in [0.25, 0.3) is 0 Å². The van der Waals surface area contributed by atoms with E-state index in [1.165, 1.54) is 6.42 Å². The molecule has 0 aromatic rings. The molecule has 1 amide bonds. The number of rotatable bonds is 3. The van der Waals surface area contributed by atoms with E-state index in [4.69, 9.17) is 5.11 Å². The summed E-state index contributed by atoms with van der Waals surface area (Å²) in [6.07, 6.45) is 3.50. The molecule has 3 nitrogen and oxygen atoms in total. The van der Waals surface area contributed by atoms with E-state index in [1.807, 2.05) is 20.8 Å². The molecule has 0 saturated heterocycles. The molecule has 0 aromatic carbocycles. The SMILES string of the molecule is CC(C)(C)C(=O)NC(CO)C1CCC1. The smallest absolute Gasteiger partial charge is 0.225 e. The quantitative estimate of drug-likeness (QED) is 0.720. The van der Waals surface area contributed by atoms with Gasteiger partial charge in [-0.25, -0.2) is 0 Å². The average Bonchev–Trinajstić information content (AvgIpc) is 1.97. The van der Waals surface area contributed by atoms with E-state index in [2.05, 4.69) is 5.32 Å². The molecule has 3 heteroatoms. The van der Waals surface area contributed by atoms with E-state index < -0.39 is 0 Å². The van der Waals surface area contributed by atoms with Crippen LogP contribution < -0.4 is 5.32 Å². The van der Waals surface area contributed by atoms with Crippen LogP contribution >= 0.6 is 0 Å². The Morgan fingerprint density at radius 2 is 2.07 bits per heavy atom. The molecule has 1 unspecified atom stereocenters. The summed E-state index contributed by atoms with van der Waals surface area (Å²) >= 11 is 0. The molecule has 82 valence electrons. The Bertz CT molecular complexity index is 204. The van der Waals surface area contributed by atoms with Gasteiger partial charge in [-0.1, -0.05) is 27.2 Å². The van der Waals surface area contributed by atoms with E-state index in [1.54, 1.807) is 0 Å². The molecular formula is C11H21NO2. The van der Waals surface area contributed by atoms with E-state index >= 15 is 0 Å². The van der Waals surface area contributed by atoms with Crippen molar-refractivity contribution in [2.75, 3.05) is 6.61 Å². The Kier molecular flexibility index (Phi) is 3.53. The van der Waals surface area contributed by atoms with Crippen LogP contribution in [0.3, 0.4) is 0 Å². The van der Waals surface area contributed by atoms with Gasteiger partial charge in [-0.15, -0.1) is 0 Å². The van der Waals surface area contributed by atoms with Crippen molar-refractivity contribution in [1.82, 2.24) is 5.32 Å². The van der Waals surface area contributed by atoms with Crippen LogP contribution in [-0.4, -0.2) is 23.7 Å². The molecule has 1 fully saturated rings. The highest BCUT2D eigenvalue weighted by Crippen LogP contribution is 2.29. The number of carbonyl (C=O) groups excluding carboxylic acids is 1. The van der Waals surface area contributed by atoms with Gasteiger partial charge in [0.15, 0.2) is 0 Å². The van der Waals surface area contributed by atoms with Gasteiger partial charge in [0.1, 0.15) is 0 Å². The number of hydrogen-bond donors (Lipinski definition) is 2. The van der Waals surface area contributed by atoms with Gasteiger partial charge in [-0.2, -0.15) is 0 Å². The Hall–Kier alpha value is -0.570. The first kappa shape index (κ1) is 11.5. The lowest BCUT2D eigenvalue weighted by Crippen LogP contribution is -2.48. The van der Waals surface area contributed by atoms with Gasteiger partial charge in [0, 0.05) is 5.41 Å². The normalized spacial score (nSPS) is 20.0. The minimum atomic E-state index is -0.364. The van der Waals surface area contributed by atoms with Crippen LogP contribution in [0.5, 0.6) is 0 Å². The monoisotopic (exact) mass is 199 g/mol. The van der Waals surface area contributed by atoms with Gasteiger partial charge in [-0.05, 0) is 18.8 Å². The summed E-state index contributed by atoms with van der Waals surface area (Å²) in [6, 6.07) is -0.0320. The largest absolute Gasteiger partial charge is 0.394 e. The lowest BCUT2D eigenvalue weighted by molar-refractivity contribution is -0.130. The predicted octanol–water partition coefficient (Wildman–Crippen LogP) is 1.31. The average molecular weight is 199 g/mol. The number of hydrogen-bond acceptors (Lipinski definition) is 2. The number of aliphatic hydroxyl groups excluding tert-OH is 1. The van der Waals surface area contributed by atoms with Crippen LogP contribution in [0.1, 0.15) is 40.0 Å². The molecule has 2 N–H and O–H groups in total. The van der Waals surface area contributed by atoms with Crippen molar-refractivity contribution < 1.29 is 9.90 Å². The fourth-order valence-corrected chi connectivity index (χ4v) is 1.54. The van der Waals surface area contributed by atoms with Gasteiger partial charge < -0.3 is 10.4 Å². The molecule has 0 heterocycles. The maximum Gasteiger partial charge on any atom is 0.225 e.